The van der Waals surface area contributed by atoms with E-state index in [1.54, 1.807) is 68.6 Å². The number of hydrogen-bond donors (Lipinski definition) is 3. The van der Waals surface area contributed by atoms with Gasteiger partial charge in [-0.15, -0.1) is 11.3 Å². The number of aromatic nitrogens is 2. The molecule has 0 fully saturated rings. The van der Waals surface area contributed by atoms with E-state index in [-0.39, 0.29) is 31.2 Å². The second-order valence-corrected chi connectivity index (χ2v) is 12.8. The Bertz CT molecular complexity index is 2050. The Morgan fingerprint density at radius 2 is 1.52 bits per heavy atom. The number of amides is 2. The molecular weight excluding hydrogens is 645 g/mol. The van der Waals surface area contributed by atoms with E-state index in [1.807, 2.05) is 0 Å². The predicted octanol–water partition coefficient (Wildman–Crippen LogP) is 5.53. The number of sulfonamides is 1. The van der Waals surface area contributed by atoms with Crippen molar-refractivity contribution in [3.63, 3.8) is 0 Å². The van der Waals surface area contributed by atoms with Crippen LogP contribution < -0.4 is 21.1 Å². The number of halogens is 3. The van der Waals surface area contributed by atoms with E-state index in [9.17, 15) is 22.8 Å². The molecule has 15 heteroatoms. The molecule has 10 nitrogen and oxygen atoms in total. The summed E-state index contributed by atoms with van der Waals surface area (Å²) in [6.07, 6.45) is 0. The molecule has 0 aliphatic rings. The van der Waals surface area contributed by atoms with Gasteiger partial charge >= 0.3 is 0 Å². The van der Waals surface area contributed by atoms with Gasteiger partial charge in [-0.2, -0.15) is 0 Å². The highest BCUT2D eigenvalue weighted by atomic mass is 35.5. The zero-order valence-electron chi connectivity index (χ0n) is 21.7. The Hall–Kier alpha value is -3.81. The minimum absolute atomic E-state index is 0.180. The highest BCUT2D eigenvalue weighted by Gasteiger charge is 2.27. The number of carbonyl (C=O) groups is 2. The number of carbonyl (C=O) groups excluding carboxylic acids is 2. The Kier molecular flexibility index (Phi) is 8.10. The van der Waals surface area contributed by atoms with Gasteiger partial charge in [-0.25, -0.2) is 13.1 Å². The Labute approximate surface area is 258 Å². The molecule has 5 aromatic rings. The molecule has 0 radical (unpaired) electrons. The van der Waals surface area contributed by atoms with Crippen molar-refractivity contribution in [3.05, 3.63) is 108 Å². The fraction of sp³-hybridized carbons (Fsp3) is 0.0741. The standard InChI is InChI=1S/C27H20Cl3N5O5S2/c1-14-23(27(38)35(34(14)2)16-8-4-3-5-9-16)33-42(39,40)20-13-15(12-18(28)22(20)30)25(36)31-32-26(37)24-21(29)17-10-6-7-11-19(17)41-24/h3-13,33H,1-2H3,(H,31,36)(H,32,37). The van der Waals surface area contributed by atoms with Crippen molar-refractivity contribution in [1.82, 2.24) is 20.2 Å². The SMILES string of the molecule is Cc1c(NS(=O)(=O)c2cc(C(=O)NNC(=O)c3sc4ccccc4c3Cl)cc(Cl)c2Cl)c(=O)n(-c2ccccc2)n1C. The van der Waals surface area contributed by atoms with E-state index in [4.69, 9.17) is 34.8 Å². The average Bonchev–Trinajstić information content (AvgIpc) is 3.41. The van der Waals surface area contributed by atoms with E-state index in [0.29, 0.717) is 16.8 Å². The number of para-hydroxylation sites is 1. The summed E-state index contributed by atoms with van der Waals surface area (Å²) < 4.78 is 32.8. The molecule has 3 N–H and O–H groups in total. The number of fused-ring (bicyclic) bond motifs is 1. The van der Waals surface area contributed by atoms with Gasteiger partial charge in [-0.1, -0.05) is 71.2 Å². The van der Waals surface area contributed by atoms with Gasteiger partial charge in [-0.3, -0.25) is 34.6 Å². The molecule has 0 atom stereocenters. The van der Waals surface area contributed by atoms with E-state index >= 15 is 0 Å². The van der Waals surface area contributed by atoms with Crippen molar-refractivity contribution < 1.29 is 18.0 Å². The average molecular weight is 665 g/mol. The van der Waals surface area contributed by atoms with Gasteiger partial charge in [-0.05, 0) is 37.3 Å². The highest BCUT2D eigenvalue weighted by Crippen LogP contribution is 2.35. The van der Waals surface area contributed by atoms with Crippen LogP contribution in [0.25, 0.3) is 15.8 Å². The Morgan fingerprint density at radius 1 is 0.881 bits per heavy atom. The monoisotopic (exact) mass is 663 g/mol. The molecule has 0 saturated carbocycles. The third kappa shape index (κ3) is 5.39. The van der Waals surface area contributed by atoms with E-state index in [1.165, 1.54) is 9.36 Å². The lowest BCUT2D eigenvalue weighted by Gasteiger charge is -2.12. The first-order chi connectivity index (χ1) is 19.9. The predicted molar refractivity (Wildman–Crippen MR) is 165 cm³/mol. The fourth-order valence-electron chi connectivity index (χ4n) is 4.17. The number of hydrazine groups is 1. The summed E-state index contributed by atoms with van der Waals surface area (Å²) in [4.78, 5) is 38.5. The molecule has 0 aliphatic carbocycles. The third-order valence-corrected chi connectivity index (χ3v) is 10.3. The maximum absolute atomic E-state index is 13.5. The van der Waals surface area contributed by atoms with Gasteiger partial charge < -0.3 is 0 Å². The third-order valence-electron chi connectivity index (χ3n) is 6.37. The van der Waals surface area contributed by atoms with Crippen molar-refractivity contribution in [3.8, 4) is 5.69 Å². The summed E-state index contributed by atoms with van der Waals surface area (Å²) in [5.74, 6) is -1.55. The lowest BCUT2D eigenvalue weighted by Crippen LogP contribution is -2.41. The van der Waals surface area contributed by atoms with Crippen LogP contribution >= 0.6 is 46.1 Å². The quantitative estimate of drug-likeness (QED) is 0.205. The molecule has 5 rings (SSSR count). The van der Waals surface area contributed by atoms with Crippen LogP contribution in [-0.2, 0) is 17.1 Å². The van der Waals surface area contributed by atoms with E-state index < -0.39 is 32.3 Å². The molecule has 0 spiro atoms. The zero-order chi connectivity index (χ0) is 30.3. The van der Waals surface area contributed by atoms with Crippen molar-refractivity contribution in [1.29, 1.82) is 0 Å². The van der Waals surface area contributed by atoms with Gasteiger partial charge in [0.1, 0.15) is 15.5 Å². The lowest BCUT2D eigenvalue weighted by atomic mass is 10.2. The molecule has 0 aliphatic heterocycles. The van der Waals surface area contributed by atoms with Crippen molar-refractivity contribution in [2.75, 3.05) is 4.72 Å². The topological polar surface area (TPSA) is 131 Å². The summed E-state index contributed by atoms with van der Waals surface area (Å²) in [5.41, 5.74) is 4.29. The highest BCUT2D eigenvalue weighted by molar-refractivity contribution is 7.92. The molecule has 3 aromatic carbocycles. The first kappa shape index (κ1) is 29.7. The van der Waals surface area contributed by atoms with Gasteiger partial charge in [0.2, 0.25) is 0 Å². The van der Waals surface area contributed by atoms with Crippen LogP contribution in [0.15, 0.2) is 76.4 Å². The summed E-state index contributed by atoms with van der Waals surface area (Å²) in [6, 6.07) is 18.0. The number of rotatable bonds is 6. The van der Waals surface area contributed by atoms with Crippen LogP contribution in [0.5, 0.6) is 0 Å². The first-order valence-corrected chi connectivity index (χ1v) is 15.5. The van der Waals surface area contributed by atoms with Gasteiger partial charge in [0, 0.05) is 22.7 Å². The number of benzene rings is 3. The second kappa shape index (κ2) is 11.5. The van der Waals surface area contributed by atoms with Gasteiger partial charge in [0.25, 0.3) is 27.4 Å². The summed E-state index contributed by atoms with van der Waals surface area (Å²) in [7, 11) is -2.92. The molecule has 0 unspecified atom stereocenters. The normalized spacial score (nSPS) is 11.5. The van der Waals surface area contributed by atoms with E-state index in [0.717, 1.165) is 28.2 Å². The number of hydrogen-bond acceptors (Lipinski definition) is 6. The van der Waals surface area contributed by atoms with Crippen LogP contribution in [0.3, 0.4) is 0 Å². The molecule has 0 bridgehead atoms. The number of thiophene rings is 1. The van der Waals surface area contributed by atoms with Gasteiger partial charge in [0.15, 0.2) is 0 Å². The summed E-state index contributed by atoms with van der Waals surface area (Å²) in [6.45, 7) is 1.57. The number of anilines is 1. The van der Waals surface area contributed by atoms with Gasteiger partial charge in [0.05, 0.1) is 26.4 Å². The zero-order valence-corrected chi connectivity index (χ0v) is 25.6. The Morgan fingerprint density at radius 3 is 2.21 bits per heavy atom. The number of nitrogens with one attached hydrogen (secondary N) is 3. The van der Waals surface area contributed by atoms with Crippen molar-refractivity contribution in [2.24, 2.45) is 7.05 Å². The largest absolute Gasteiger partial charge is 0.296 e. The van der Waals surface area contributed by atoms with Crippen LogP contribution in [-0.4, -0.2) is 29.6 Å². The molecule has 0 saturated heterocycles. The lowest BCUT2D eigenvalue weighted by molar-refractivity contribution is 0.0849. The minimum Gasteiger partial charge on any atom is -0.283 e. The van der Waals surface area contributed by atoms with Crippen LogP contribution in [0.2, 0.25) is 15.1 Å². The smallest absolute Gasteiger partial charge is 0.283 e. The van der Waals surface area contributed by atoms with Crippen LogP contribution in [0, 0.1) is 6.92 Å². The molecule has 2 heterocycles. The van der Waals surface area contributed by atoms with Crippen molar-refractivity contribution >= 4 is 83.8 Å². The minimum atomic E-state index is -4.52. The summed E-state index contributed by atoms with van der Waals surface area (Å²) >= 11 is 19.9. The molecule has 42 heavy (non-hydrogen) atoms. The fourth-order valence-corrected chi connectivity index (χ4v) is 7.51. The van der Waals surface area contributed by atoms with Crippen molar-refractivity contribution in [2.45, 2.75) is 11.8 Å². The maximum Gasteiger partial charge on any atom is 0.296 e. The van der Waals surface area contributed by atoms with E-state index in [2.05, 4.69) is 15.6 Å². The number of nitrogens with zero attached hydrogens (tertiary/aromatic N) is 2. The molecule has 2 amide bonds. The molecule has 2 aromatic heterocycles. The summed E-state index contributed by atoms with van der Waals surface area (Å²) in [5, 5.41) is 0.323. The van der Waals surface area contributed by atoms with Crippen LogP contribution in [0.4, 0.5) is 5.69 Å². The second-order valence-electron chi connectivity index (χ2n) is 8.96. The Balaban J connectivity index is 1.41. The molecular formula is C27H20Cl3N5O5S2. The molecule has 216 valence electrons. The maximum atomic E-state index is 13.5. The van der Waals surface area contributed by atoms with Crippen LogP contribution in [0.1, 0.15) is 25.7 Å². The first-order valence-electron chi connectivity index (χ1n) is 12.0.